The number of rotatable bonds is 3. The molecule has 0 amide bonds. The summed E-state index contributed by atoms with van der Waals surface area (Å²) < 4.78 is 19.3. The van der Waals surface area contributed by atoms with Crippen molar-refractivity contribution in [1.29, 1.82) is 0 Å². The summed E-state index contributed by atoms with van der Waals surface area (Å²) in [5, 5.41) is 3.37. The van der Waals surface area contributed by atoms with Crippen molar-refractivity contribution in [2.24, 2.45) is 11.8 Å². The maximum Gasteiger partial charge on any atom is 0.123 e. The molecular weight excluding hydrogens is 241 g/mol. The van der Waals surface area contributed by atoms with E-state index in [0.717, 1.165) is 23.7 Å². The predicted octanol–water partition coefficient (Wildman–Crippen LogP) is 3.54. The van der Waals surface area contributed by atoms with E-state index in [9.17, 15) is 4.39 Å². The molecule has 1 aliphatic rings. The fourth-order valence-electron chi connectivity index (χ4n) is 3.20. The molecule has 1 fully saturated rings. The Morgan fingerprint density at radius 1 is 1.26 bits per heavy atom. The minimum atomic E-state index is -0.208. The molecule has 0 radical (unpaired) electrons. The van der Waals surface area contributed by atoms with Crippen molar-refractivity contribution >= 4 is 0 Å². The normalized spacial score (nSPS) is 31.2. The standard InChI is InChI=1S/C16H24FNO/c1-10-7-12(3)16(14(8-10)18-4)19-15-6-5-13(17)9-11(15)2/h5-6,9-10,12,14,16,18H,7-8H2,1-4H3. The summed E-state index contributed by atoms with van der Waals surface area (Å²) in [6.07, 6.45) is 2.47. The maximum absolute atomic E-state index is 13.1. The Morgan fingerprint density at radius 2 is 2.00 bits per heavy atom. The monoisotopic (exact) mass is 265 g/mol. The van der Waals surface area contributed by atoms with Gasteiger partial charge >= 0.3 is 0 Å². The van der Waals surface area contributed by atoms with Gasteiger partial charge in [0.2, 0.25) is 0 Å². The Labute approximate surface area is 115 Å². The van der Waals surface area contributed by atoms with Crippen LogP contribution in [0.25, 0.3) is 0 Å². The minimum Gasteiger partial charge on any atom is -0.488 e. The average Bonchev–Trinajstić information content (AvgIpc) is 2.34. The number of hydrogen-bond donors (Lipinski definition) is 1. The summed E-state index contributed by atoms with van der Waals surface area (Å²) >= 11 is 0. The lowest BCUT2D eigenvalue weighted by molar-refractivity contribution is 0.0501. The van der Waals surface area contributed by atoms with Gasteiger partial charge in [-0.2, -0.15) is 0 Å². The van der Waals surface area contributed by atoms with E-state index in [-0.39, 0.29) is 11.9 Å². The topological polar surface area (TPSA) is 21.3 Å². The first-order chi connectivity index (χ1) is 9.01. The lowest BCUT2D eigenvalue weighted by Gasteiger charge is -2.39. The summed E-state index contributed by atoms with van der Waals surface area (Å²) in [5.41, 5.74) is 0.862. The quantitative estimate of drug-likeness (QED) is 0.902. The number of hydrogen-bond acceptors (Lipinski definition) is 2. The SMILES string of the molecule is CNC1CC(C)CC(C)C1Oc1ccc(F)cc1C. The molecule has 1 aromatic rings. The van der Waals surface area contributed by atoms with Crippen LogP contribution in [0.5, 0.6) is 5.75 Å². The van der Waals surface area contributed by atoms with E-state index in [1.54, 1.807) is 6.07 Å². The molecule has 19 heavy (non-hydrogen) atoms. The molecule has 4 unspecified atom stereocenters. The zero-order valence-electron chi connectivity index (χ0n) is 12.2. The molecule has 2 rings (SSSR count). The third kappa shape index (κ3) is 3.27. The highest BCUT2D eigenvalue weighted by atomic mass is 19.1. The Balaban J connectivity index is 2.15. The van der Waals surface area contributed by atoms with E-state index in [0.29, 0.717) is 12.0 Å². The van der Waals surface area contributed by atoms with Gasteiger partial charge in [-0.15, -0.1) is 0 Å². The molecule has 0 spiro atoms. The molecule has 1 aliphatic carbocycles. The lowest BCUT2D eigenvalue weighted by atomic mass is 9.78. The van der Waals surface area contributed by atoms with Crippen LogP contribution >= 0.6 is 0 Å². The predicted molar refractivity (Wildman–Crippen MR) is 76.0 cm³/mol. The van der Waals surface area contributed by atoms with Crippen LogP contribution in [0.3, 0.4) is 0 Å². The summed E-state index contributed by atoms with van der Waals surface area (Å²) in [4.78, 5) is 0. The van der Waals surface area contributed by atoms with Crippen LogP contribution in [-0.4, -0.2) is 19.2 Å². The van der Waals surface area contributed by atoms with Crippen molar-refractivity contribution in [3.63, 3.8) is 0 Å². The largest absolute Gasteiger partial charge is 0.488 e. The van der Waals surface area contributed by atoms with Crippen molar-refractivity contribution in [2.45, 2.75) is 45.8 Å². The third-order valence-electron chi connectivity index (χ3n) is 4.16. The van der Waals surface area contributed by atoms with Crippen LogP contribution in [0.1, 0.15) is 32.3 Å². The van der Waals surface area contributed by atoms with Crippen molar-refractivity contribution < 1.29 is 9.13 Å². The highest BCUT2D eigenvalue weighted by Gasteiger charge is 2.34. The summed E-state index contributed by atoms with van der Waals surface area (Å²) in [5.74, 6) is 1.82. The molecule has 0 heterocycles. The van der Waals surface area contributed by atoms with Crippen molar-refractivity contribution in [3.05, 3.63) is 29.6 Å². The van der Waals surface area contributed by atoms with Crippen molar-refractivity contribution in [3.8, 4) is 5.75 Å². The zero-order chi connectivity index (χ0) is 14.0. The number of halogens is 1. The van der Waals surface area contributed by atoms with Gasteiger partial charge in [-0.25, -0.2) is 4.39 Å². The van der Waals surface area contributed by atoms with E-state index in [2.05, 4.69) is 19.2 Å². The van der Waals surface area contributed by atoms with E-state index in [1.807, 2.05) is 14.0 Å². The second-order valence-corrected chi connectivity index (χ2v) is 5.94. The fraction of sp³-hybridized carbons (Fsp3) is 0.625. The molecule has 0 aromatic heterocycles. The molecule has 0 bridgehead atoms. The molecule has 1 aromatic carbocycles. The molecule has 2 nitrogen and oxygen atoms in total. The summed E-state index contributed by atoms with van der Waals surface area (Å²) in [7, 11) is 1.99. The van der Waals surface area contributed by atoms with E-state index >= 15 is 0 Å². The Morgan fingerprint density at radius 3 is 2.63 bits per heavy atom. The first-order valence-corrected chi connectivity index (χ1v) is 7.11. The number of likely N-dealkylation sites (N-methyl/N-ethyl adjacent to an activating group) is 1. The van der Waals surface area contributed by atoms with Gasteiger partial charge in [0.05, 0.1) is 0 Å². The fourth-order valence-corrected chi connectivity index (χ4v) is 3.20. The summed E-state index contributed by atoms with van der Waals surface area (Å²) in [6.45, 7) is 6.42. The van der Waals surface area contributed by atoms with Crippen LogP contribution in [0, 0.1) is 24.6 Å². The van der Waals surface area contributed by atoms with Gasteiger partial charge in [0, 0.05) is 6.04 Å². The maximum atomic E-state index is 13.1. The number of ether oxygens (including phenoxy) is 1. The molecule has 4 atom stereocenters. The molecule has 0 aliphatic heterocycles. The van der Waals surface area contributed by atoms with Gasteiger partial charge in [-0.1, -0.05) is 13.8 Å². The van der Waals surface area contributed by atoms with E-state index in [4.69, 9.17) is 4.74 Å². The van der Waals surface area contributed by atoms with Crippen LogP contribution in [0.2, 0.25) is 0 Å². The van der Waals surface area contributed by atoms with Gasteiger partial charge < -0.3 is 10.1 Å². The van der Waals surface area contributed by atoms with Crippen LogP contribution < -0.4 is 10.1 Å². The van der Waals surface area contributed by atoms with Crippen molar-refractivity contribution in [1.82, 2.24) is 5.32 Å². The van der Waals surface area contributed by atoms with Gasteiger partial charge in [0.25, 0.3) is 0 Å². The minimum absolute atomic E-state index is 0.158. The average molecular weight is 265 g/mol. The lowest BCUT2D eigenvalue weighted by Crippen LogP contribution is -2.49. The van der Waals surface area contributed by atoms with Crippen LogP contribution in [0.4, 0.5) is 4.39 Å². The number of aryl methyl sites for hydroxylation is 1. The molecule has 3 heteroatoms. The number of nitrogens with one attached hydrogen (secondary N) is 1. The van der Waals surface area contributed by atoms with E-state index in [1.165, 1.54) is 18.6 Å². The highest BCUT2D eigenvalue weighted by molar-refractivity contribution is 5.33. The molecule has 1 saturated carbocycles. The highest BCUT2D eigenvalue weighted by Crippen LogP contribution is 2.33. The second kappa shape index (κ2) is 5.91. The second-order valence-electron chi connectivity index (χ2n) is 5.94. The first-order valence-electron chi connectivity index (χ1n) is 7.11. The van der Waals surface area contributed by atoms with Gasteiger partial charge in [0.1, 0.15) is 17.7 Å². The van der Waals surface area contributed by atoms with E-state index < -0.39 is 0 Å². The van der Waals surface area contributed by atoms with Gasteiger partial charge in [0.15, 0.2) is 0 Å². The Bertz CT molecular complexity index is 435. The summed E-state index contributed by atoms with van der Waals surface area (Å²) in [6, 6.07) is 5.10. The number of benzene rings is 1. The van der Waals surface area contributed by atoms with Gasteiger partial charge in [-0.05, 0) is 62.4 Å². The third-order valence-corrected chi connectivity index (χ3v) is 4.16. The van der Waals surface area contributed by atoms with Crippen LogP contribution in [-0.2, 0) is 0 Å². The molecule has 106 valence electrons. The molecule has 1 N–H and O–H groups in total. The van der Waals surface area contributed by atoms with Crippen molar-refractivity contribution in [2.75, 3.05) is 7.05 Å². The molecular formula is C16H24FNO. The Hall–Kier alpha value is -1.09. The smallest absolute Gasteiger partial charge is 0.123 e. The zero-order valence-corrected chi connectivity index (χ0v) is 12.2. The van der Waals surface area contributed by atoms with Gasteiger partial charge in [-0.3, -0.25) is 0 Å². The first kappa shape index (κ1) is 14.3. The molecule has 0 saturated heterocycles. The van der Waals surface area contributed by atoms with Crippen LogP contribution in [0.15, 0.2) is 18.2 Å². The Kier molecular flexibility index (Phi) is 4.46.